The zero-order valence-electron chi connectivity index (χ0n) is 26.2. The second kappa shape index (κ2) is 22.1. The molecule has 0 unspecified atom stereocenters. The van der Waals surface area contributed by atoms with Gasteiger partial charge in [0.15, 0.2) is 0 Å². The van der Waals surface area contributed by atoms with Crippen LogP contribution in [-0.4, -0.2) is 114 Å². The summed E-state index contributed by atoms with van der Waals surface area (Å²) in [6.45, 7) is 4.16. The minimum absolute atomic E-state index is 0.0287. The average molecular weight is 664 g/mol. The van der Waals surface area contributed by atoms with Crippen molar-refractivity contribution in [3.05, 3.63) is 40.3 Å². The number of methoxy groups -OCH3 is 1. The first-order valence-electron chi connectivity index (χ1n) is 15.5. The van der Waals surface area contributed by atoms with Gasteiger partial charge in [-0.2, -0.15) is 11.8 Å². The van der Waals surface area contributed by atoms with E-state index in [-0.39, 0.29) is 29.9 Å². The predicted molar refractivity (Wildman–Crippen MR) is 174 cm³/mol. The molecule has 3 atom stereocenters. The molecule has 0 spiro atoms. The first kappa shape index (κ1) is 36.9. The molecule has 2 saturated heterocycles. The topological polar surface area (TPSA) is 194 Å². The largest absolute Gasteiger partial charge is 0.496 e. The minimum atomic E-state index is -0.261. The number of ether oxygens (including phenoxy) is 5. The number of carbonyl (C=O) groups excluding carboxylic acids is 3. The summed E-state index contributed by atoms with van der Waals surface area (Å²) in [6, 6.07) is 5.39. The molecule has 0 aliphatic carbocycles. The number of hydrogen-bond donors (Lipinski definition) is 4. The number of nitrogens with one attached hydrogen (secondary N) is 4. The lowest BCUT2D eigenvalue weighted by Gasteiger charge is -2.16. The summed E-state index contributed by atoms with van der Waals surface area (Å²) in [6.07, 6.45) is 6.33. The van der Waals surface area contributed by atoms with Gasteiger partial charge < -0.3 is 45.0 Å². The molecule has 4 N–H and O–H groups in total. The number of thioether (sulfide) groups is 1. The van der Waals surface area contributed by atoms with E-state index >= 15 is 0 Å². The van der Waals surface area contributed by atoms with Crippen LogP contribution in [0.5, 0.6) is 5.75 Å². The molecule has 0 aromatic heterocycles. The van der Waals surface area contributed by atoms with Crippen LogP contribution in [0.2, 0.25) is 0 Å². The van der Waals surface area contributed by atoms with Gasteiger partial charge in [-0.3, -0.25) is 9.59 Å². The Bertz CT molecular complexity index is 1180. The van der Waals surface area contributed by atoms with Gasteiger partial charge in [0.05, 0.1) is 77.7 Å². The smallest absolute Gasteiger partial charge is 0.315 e. The van der Waals surface area contributed by atoms with E-state index in [2.05, 4.69) is 31.3 Å². The minimum Gasteiger partial charge on any atom is -0.496 e. The summed E-state index contributed by atoms with van der Waals surface area (Å²) in [5.41, 5.74) is 9.67. The van der Waals surface area contributed by atoms with E-state index in [1.165, 1.54) is 13.2 Å². The van der Waals surface area contributed by atoms with Crippen LogP contribution in [-0.2, 0) is 28.5 Å². The van der Waals surface area contributed by atoms with Gasteiger partial charge in [-0.15, -0.1) is 0 Å². The number of benzene rings is 1. The summed E-state index contributed by atoms with van der Waals surface area (Å²) in [7, 11) is 1.47. The van der Waals surface area contributed by atoms with Gasteiger partial charge in [-0.25, -0.2) is 4.79 Å². The third kappa shape index (κ3) is 14.3. The molecule has 1 aromatic carbocycles. The fourth-order valence-corrected chi connectivity index (χ4v) is 6.34. The summed E-state index contributed by atoms with van der Waals surface area (Å²) < 4.78 is 27.1. The summed E-state index contributed by atoms with van der Waals surface area (Å²) in [5, 5.41) is 15.5. The van der Waals surface area contributed by atoms with Gasteiger partial charge in [-0.1, -0.05) is 17.6 Å². The van der Waals surface area contributed by atoms with Crippen LogP contribution in [0.3, 0.4) is 0 Å². The van der Waals surface area contributed by atoms with Crippen LogP contribution in [0, 0.1) is 0 Å². The lowest BCUT2D eigenvalue weighted by atomic mass is 10.0. The fourth-order valence-electron chi connectivity index (χ4n) is 4.79. The Kier molecular flexibility index (Phi) is 17.7. The van der Waals surface area contributed by atoms with Gasteiger partial charge in [0.2, 0.25) is 11.8 Å². The molecule has 4 amide bonds. The van der Waals surface area contributed by atoms with Gasteiger partial charge >= 0.3 is 6.03 Å². The van der Waals surface area contributed by atoms with Crippen molar-refractivity contribution >= 4 is 41.4 Å². The number of fused-ring (bicyclic) bond motifs is 1. The Morgan fingerprint density at radius 3 is 2.35 bits per heavy atom. The molecule has 2 heterocycles. The van der Waals surface area contributed by atoms with Crippen LogP contribution in [0.15, 0.2) is 29.4 Å². The van der Waals surface area contributed by atoms with E-state index in [9.17, 15) is 14.4 Å². The lowest BCUT2D eigenvalue weighted by molar-refractivity contribution is -0.121. The Morgan fingerprint density at radius 2 is 1.67 bits per heavy atom. The number of carbonyl (C=O) groups is 3. The molecule has 0 radical (unpaired) electrons. The first-order valence-corrected chi connectivity index (χ1v) is 16.5. The monoisotopic (exact) mass is 663 g/mol. The molecule has 3 rings (SSSR count). The van der Waals surface area contributed by atoms with E-state index in [0.29, 0.717) is 89.1 Å². The maximum Gasteiger partial charge on any atom is 0.315 e. The second-order valence-electron chi connectivity index (χ2n) is 10.4. The third-order valence-corrected chi connectivity index (χ3v) is 8.60. The molecular formula is C30H45N7O8S. The zero-order valence-corrected chi connectivity index (χ0v) is 27.1. The molecule has 46 heavy (non-hydrogen) atoms. The maximum atomic E-state index is 12.0. The molecule has 0 bridgehead atoms. The van der Waals surface area contributed by atoms with Crippen molar-refractivity contribution in [2.45, 2.75) is 43.0 Å². The zero-order chi connectivity index (χ0) is 32.8. The van der Waals surface area contributed by atoms with Crippen LogP contribution < -0.4 is 26.0 Å². The van der Waals surface area contributed by atoms with E-state index in [1.54, 1.807) is 24.3 Å². The highest BCUT2D eigenvalue weighted by molar-refractivity contribution is 8.00. The SMILES string of the molecule is COc1cc(/C=C/C(=O)NCCOCCOCCOCCOCCNC(=O)CCCC[C@@H]2SC[C@@H]3NC(=O)N[C@@H]32)ccc1N=[N+]=[N-]. The highest BCUT2D eigenvalue weighted by Gasteiger charge is 2.42. The number of urea groups is 1. The molecule has 254 valence electrons. The van der Waals surface area contributed by atoms with E-state index < -0.39 is 0 Å². The molecule has 1 aromatic rings. The van der Waals surface area contributed by atoms with Crippen molar-refractivity contribution in [1.29, 1.82) is 0 Å². The number of nitrogens with zero attached hydrogens (tertiary/aromatic N) is 3. The van der Waals surface area contributed by atoms with Crippen molar-refractivity contribution in [2.24, 2.45) is 5.11 Å². The number of azide groups is 1. The quantitative estimate of drug-likeness (QED) is 0.0321. The van der Waals surface area contributed by atoms with Gasteiger partial charge in [0, 0.05) is 41.5 Å². The van der Waals surface area contributed by atoms with Crippen molar-refractivity contribution in [1.82, 2.24) is 21.3 Å². The van der Waals surface area contributed by atoms with Gasteiger partial charge in [0.1, 0.15) is 5.75 Å². The Balaban J connectivity index is 1.03. The van der Waals surface area contributed by atoms with E-state index in [0.717, 1.165) is 30.6 Å². The standard InChI is InChI=1S/C30H45N7O8S/c1-41-25-20-22(6-8-23(25)36-37-31)7-9-28(39)33-11-13-43-15-17-45-19-18-44-16-14-42-12-10-32-27(38)5-3-2-4-26-29-24(21-46-26)34-30(40)35-29/h6-9,20,24,26,29H,2-5,10-19,21H2,1H3,(H,32,38)(H,33,39)(H2,34,35,40)/b9-7+/t24-,26-,29-/m0/s1. The number of rotatable bonds is 24. The average Bonchev–Trinajstić information content (AvgIpc) is 3.61. The number of unbranched alkanes of at least 4 members (excludes halogenated alkanes) is 1. The van der Waals surface area contributed by atoms with Crippen molar-refractivity contribution in [2.75, 3.05) is 78.8 Å². The highest BCUT2D eigenvalue weighted by Crippen LogP contribution is 2.33. The van der Waals surface area contributed by atoms with Crippen molar-refractivity contribution < 1.29 is 38.1 Å². The summed E-state index contributed by atoms with van der Waals surface area (Å²) in [4.78, 5) is 38.2. The van der Waals surface area contributed by atoms with Crippen molar-refractivity contribution in [3.63, 3.8) is 0 Å². The molecule has 2 aliphatic heterocycles. The lowest BCUT2D eigenvalue weighted by Crippen LogP contribution is -2.36. The van der Waals surface area contributed by atoms with Crippen molar-refractivity contribution in [3.8, 4) is 5.75 Å². The molecular weight excluding hydrogens is 618 g/mol. The Hall–Kier alpha value is -3.53. The Morgan fingerprint density at radius 1 is 1.00 bits per heavy atom. The van der Waals surface area contributed by atoms with Crippen LogP contribution in [0.4, 0.5) is 10.5 Å². The molecule has 16 heteroatoms. The highest BCUT2D eigenvalue weighted by atomic mass is 32.2. The van der Waals surface area contributed by atoms with E-state index in [1.807, 2.05) is 11.8 Å². The molecule has 2 aliphatic rings. The molecule has 2 fully saturated rings. The molecule has 15 nitrogen and oxygen atoms in total. The normalized spacial score (nSPS) is 18.5. The number of hydrogen-bond acceptors (Lipinski definition) is 10. The van der Waals surface area contributed by atoms with Crippen LogP contribution in [0.25, 0.3) is 16.5 Å². The Labute approximate surface area is 273 Å². The maximum absolute atomic E-state index is 12.0. The van der Waals surface area contributed by atoms with Gasteiger partial charge in [0.25, 0.3) is 0 Å². The fraction of sp³-hybridized carbons (Fsp3) is 0.633. The summed E-state index contributed by atoms with van der Waals surface area (Å²) in [5.74, 6) is 1.14. The van der Waals surface area contributed by atoms with Crippen LogP contribution >= 0.6 is 11.8 Å². The first-order chi connectivity index (χ1) is 22.5. The van der Waals surface area contributed by atoms with Gasteiger partial charge in [-0.05, 0) is 42.1 Å². The second-order valence-corrected chi connectivity index (χ2v) is 11.7. The number of amides is 4. The third-order valence-electron chi connectivity index (χ3n) is 7.09. The van der Waals surface area contributed by atoms with Crippen LogP contribution in [0.1, 0.15) is 31.2 Å². The molecule has 0 saturated carbocycles. The summed E-state index contributed by atoms with van der Waals surface area (Å²) >= 11 is 1.89. The predicted octanol–water partition coefficient (Wildman–Crippen LogP) is 2.67. The van der Waals surface area contributed by atoms with E-state index in [4.69, 9.17) is 29.2 Å².